The molecule has 1 saturated heterocycles. The highest BCUT2D eigenvalue weighted by Crippen LogP contribution is 2.28. The monoisotopic (exact) mass is 437 g/mol. The van der Waals surface area contributed by atoms with Gasteiger partial charge in [0.1, 0.15) is 6.04 Å². The van der Waals surface area contributed by atoms with Gasteiger partial charge in [0.05, 0.1) is 9.79 Å². The summed E-state index contributed by atoms with van der Waals surface area (Å²) in [7, 11) is -8.07. The van der Waals surface area contributed by atoms with Gasteiger partial charge < -0.3 is 5.32 Å². The van der Waals surface area contributed by atoms with Gasteiger partial charge in [-0.1, -0.05) is 17.7 Å². The van der Waals surface area contributed by atoms with Crippen LogP contribution >= 0.6 is 0 Å². The lowest BCUT2D eigenvalue weighted by atomic mass is 10.2. The second-order valence-electron chi connectivity index (χ2n) is 6.62. The minimum Gasteiger partial charge on any atom is -0.324 e. The van der Waals surface area contributed by atoms with Crippen molar-refractivity contribution in [1.82, 2.24) is 4.31 Å². The topological polar surface area (TPSA) is 144 Å². The van der Waals surface area contributed by atoms with Crippen LogP contribution in [0.3, 0.4) is 0 Å². The van der Waals surface area contributed by atoms with E-state index in [0.717, 1.165) is 5.56 Å². The number of anilines is 1. The first kappa shape index (κ1) is 21.0. The summed E-state index contributed by atoms with van der Waals surface area (Å²) in [4.78, 5) is 24.7. The molecule has 9 nitrogen and oxygen atoms in total. The number of hydrogen-bond donors (Lipinski definition) is 2. The summed E-state index contributed by atoms with van der Waals surface area (Å²) >= 11 is 0. The number of rotatable bonds is 5. The van der Waals surface area contributed by atoms with E-state index in [-0.39, 0.29) is 28.3 Å². The van der Waals surface area contributed by atoms with Crippen LogP contribution in [0.4, 0.5) is 5.69 Å². The predicted molar refractivity (Wildman–Crippen MR) is 105 cm³/mol. The average molecular weight is 437 g/mol. The maximum Gasteiger partial charge on any atom is 0.267 e. The Labute approximate surface area is 168 Å². The predicted octanol–water partition coefficient (Wildman–Crippen LogP) is 0.961. The summed E-state index contributed by atoms with van der Waals surface area (Å²) < 4.78 is 49.1. The number of nitrogens with two attached hydrogens (primary N) is 1. The molecule has 2 aromatic rings. The van der Waals surface area contributed by atoms with Crippen LogP contribution in [0.15, 0.2) is 58.3 Å². The summed E-state index contributed by atoms with van der Waals surface area (Å²) in [5.41, 5.74) is 1.10. The summed E-state index contributed by atoms with van der Waals surface area (Å²) in [5, 5.41) is 7.54. The molecule has 0 bridgehead atoms. The van der Waals surface area contributed by atoms with E-state index in [1.165, 1.54) is 36.4 Å². The van der Waals surface area contributed by atoms with E-state index in [4.69, 9.17) is 5.14 Å². The zero-order valence-corrected chi connectivity index (χ0v) is 17.0. The van der Waals surface area contributed by atoms with Gasteiger partial charge >= 0.3 is 0 Å². The van der Waals surface area contributed by atoms with Gasteiger partial charge in [-0.25, -0.2) is 26.3 Å². The highest BCUT2D eigenvalue weighted by Gasteiger charge is 2.44. The third-order valence-corrected chi connectivity index (χ3v) is 7.26. The molecular formula is C18H19N3O6S2. The van der Waals surface area contributed by atoms with Crippen molar-refractivity contribution < 1.29 is 26.4 Å². The molecule has 3 N–H and O–H groups in total. The summed E-state index contributed by atoms with van der Waals surface area (Å²) in [6.07, 6.45) is -0.0292. The molecule has 1 aliphatic heterocycles. The first-order valence-corrected chi connectivity index (χ1v) is 11.6. The first-order valence-electron chi connectivity index (χ1n) is 8.58. The Bertz CT molecular complexity index is 1160. The molecule has 0 aliphatic carbocycles. The average Bonchev–Trinajstić information content (AvgIpc) is 3.04. The number of sulfonamides is 2. The van der Waals surface area contributed by atoms with Gasteiger partial charge in [0.25, 0.3) is 10.0 Å². The molecule has 29 heavy (non-hydrogen) atoms. The standard InChI is InChI=1S/C18H19N3O6S2/c1-12-2-6-15(7-3-12)29(26,27)21-16(10-11-17(21)22)18(23)20-13-4-8-14(9-5-13)28(19,24)25/h2-9,16H,10-11H2,1H3,(H,20,23)(H2,19,24,25). The minimum absolute atomic E-state index is 0.0466. The van der Waals surface area contributed by atoms with E-state index in [0.29, 0.717) is 4.31 Å². The number of benzene rings is 2. The molecule has 2 amide bonds. The van der Waals surface area contributed by atoms with Gasteiger partial charge in [-0.15, -0.1) is 0 Å². The number of carbonyl (C=O) groups is 2. The van der Waals surface area contributed by atoms with Gasteiger partial charge in [-0.05, 0) is 49.7 Å². The summed E-state index contributed by atoms with van der Waals surface area (Å²) in [6.45, 7) is 1.80. The zero-order valence-electron chi connectivity index (χ0n) is 15.4. The number of aryl methyl sites for hydroxylation is 1. The highest BCUT2D eigenvalue weighted by atomic mass is 32.2. The number of hydrogen-bond acceptors (Lipinski definition) is 6. The van der Waals surface area contributed by atoms with Crippen molar-refractivity contribution in [2.24, 2.45) is 5.14 Å². The molecule has 0 aromatic heterocycles. The Morgan fingerprint density at radius 1 is 1.00 bits per heavy atom. The smallest absolute Gasteiger partial charge is 0.267 e. The van der Waals surface area contributed by atoms with Crippen molar-refractivity contribution in [2.75, 3.05) is 5.32 Å². The van der Waals surface area contributed by atoms with Gasteiger partial charge in [0, 0.05) is 12.1 Å². The minimum atomic E-state index is -4.19. The van der Waals surface area contributed by atoms with Gasteiger partial charge in [-0.3, -0.25) is 9.59 Å². The van der Waals surface area contributed by atoms with Crippen molar-refractivity contribution >= 4 is 37.5 Å². The zero-order chi connectivity index (χ0) is 21.4. The highest BCUT2D eigenvalue weighted by molar-refractivity contribution is 7.89. The third-order valence-electron chi connectivity index (χ3n) is 4.49. The van der Waals surface area contributed by atoms with Crippen LogP contribution in [0.1, 0.15) is 18.4 Å². The molecule has 1 aliphatic rings. The number of primary sulfonamides is 1. The van der Waals surface area contributed by atoms with Crippen LogP contribution in [0.5, 0.6) is 0 Å². The fourth-order valence-electron chi connectivity index (χ4n) is 2.98. The lowest BCUT2D eigenvalue weighted by molar-refractivity contribution is -0.128. The van der Waals surface area contributed by atoms with E-state index in [2.05, 4.69) is 5.32 Å². The van der Waals surface area contributed by atoms with Crippen molar-refractivity contribution in [2.45, 2.75) is 35.6 Å². The van der Waals surface area contributed by atoms with E-state index in [1.54, 1.807) is 19.1 Å². The second-order valence-corrected chi connectivity index (χ2v) is 10.00. The molecule has 0 saturated carbocycles. The van der Waals surface area contributed by atoms with Crippen LogP contribution in [-0.4, -0.2) is 39.0 Å². The number of nitrogens with zero attached hydrogens (tertiary/aromatic N) is 1. The molecule has 2 aromatic carbocycles. The van der Waals surface area contributed by atoms with Crippen LogP contribution in [0.25, 0.3) is 0 Å². The molecule has 1 heterocycles. The number of nitrogens with one attached hydrogen (secondary N) is 1. The number of carbonyl (C=O) groups excluding carboxylic acids is 2. The lowest BCUT2D eigenvalue weighted by Gasteiger charge is -2.23. The Morgan fingerprint density at radius 2 is 1.55 bits per heavy atom. The fraction of sp³-hybridized carbons (Fsp3) is 0.222. The lowest BCUT2D eigenvalue weighted by Crippen LogP contribution is -2.45. The number of amides is 2. The molecule has 0 radical (unpaired) electrons. The normalized spacial score (nSPS) is 17.4. The van der Waals surface area contributed by atoms with Crippen LogP contribution < -0.4 is 10.5 Å². The van der Waals surface area contributed by atoms with E-state index in [1.807, 2.05) is 0 Å². The Kier molecular flexibility index (Phi) is 5.48. The Balaban J connectivity index is 1.84. The summed E-state index contributed by atoms with van der Waals surface area (Å²) in [5.74, 6) is -1.34. The van der Waals surface area contributed by atoms with Crippen LogP contribution in [0, 0.1) is 6.92 Å². The van der Waals surface area contributed by atoms with Crippen molar-refractivity contribution in [1.29, 1.82) is 0 Å². The van der Waals surface area contributed by atoms with Crippen LogP contribution in [-0.2, 0) is 29.6 Å². The molecule has 3 rings (SSSR count). The maximum absolute atomic E-state index is 12.9. The van der Waals surface area contributed by atoms with Gasteiger partial charge in [0.2, 0.25) is 21.8 Å². The van der Waals surface area contributed by atoms with Crippen molar-refractivity contribution in [3.63, 3.8) is 0 Å². The fourth-order valence-corrected chi connectivity index (χ4v) is 5.10. The van der Waals surface area contributed by atoms with Crippen molar-refractivity contribution in [3.8, 4) is 0 Å². The van der Waals surface area contributed by atoms with E-state index in [9.17, 15) is 26.4 Å². The first-order chi connectivity index (χ1) is 13.5. The SMILES string of the molecule is Cc1ccc(S(=O)(=O)N2C(=O)CCC2C(=O)Nc2ccc(S(N)(=O)=O)cc2)cc1. The largest absolute Gasteiger partial charge is 0.324 e. The molecule has 1 fully saturated rings. The van der Waals surface area contributed by atoms with Gasteiger partial charge in [-0.2, -0.15) is 0 Å². The molecular weight excluding hydrogens is 418 g/mol. The molecule has 1 atom stereocenters. The summed E-state index contributed by atoms with van der Waals surface area (Å²) in [6, 6.07) is 9.86. The van der Waals surface area contributed by atoms with Crippen LogP contribution in [0.2, 0.25) is 0 Å². The molecule has 1 unspecified atom stereocenters. The molecule has 154 valence electrons. The van der Waals surface area contributed by atoms with E-state index >= 15 is 0 Å². The Morgan fingerprint density at radius 3 is 2.10 bits per heavy atom. The molecule has 11 heteroatoms. The Hall–Kier alpha value is -2.76. The molecule has 0 spiro atoms. The van der Waals surface area contributed by atoms with Crippen molar-refractivity contribution in [3.05, 3.63) is 54.1 Å². The van der Waals surface area contributed by atoms with Gasteiger partial charge in [0.15, 0.2) is 0 Å². The third kappa shape index (κ3) is 4.31. The maximum atomic E-state index is 12.9. The van der Waals surface area contributed by atoms with E-state index < -0.39 is 37.9 Å². The quantitative estimate of drug-likeness (QED) is 0.713. The second kappa shape index (κ2) is 7.58.